The molecule has 4 heteroatoms. The Morgan fingerprint density at radius 3 is 3.33 bits per heavy atom. The first-order chi connectivity index (χ1) is 4.47. The van der Waals surface area contributed by atoms with Crippen molar-refractivity contribution in [3.63, 3.8) is 0 Å². The zero-order valence-corrected chi connectivity index (χ0v) is 6.23. The van der Waals surface area contributed by atoms with Gasteiger partial charge in [-0.2, -0.15) is 0 Å². The smallest absolute Gasteiger partial charge is 0.122 e. The minimum atomic E-state index is 0.444. The summed E-state index contributed by atoms with van der Waals surface area (Å²) in [5.74, 6) is 0. The predicted octanol–water partition coefficient (Wildman–Crippen LogP) is 1.53. The summed E-state index contributed by atoms with van der Waals surface area (Å²) in [5.41, 5.74) is 0. The Balaban J connectivity index is 2.18. The highest BCUT2D eigenvalue weighted by molar-refractivity contribution is 8.76. The van der Waals surface area contributed by atoms with Crippen LogP contribution in [0.2, 0.25) is 0 Å². The first-order valence-corrected chi connectivity index (χ1v) is 4.80. The molecular weight excluding hydrogens is 152 g/mol. The van der Waals surface area contributed by atoms with Crippen molar-refractivity contribution in [3.8, 4) is 0 Å². The van der Waals surface area contributed by atoms with Gasteiger partial charge in [-0.05, 0) is 22.9 Å². The number of hydrogen-bond acceptors (Lipinski definition) is 3. The molecule has 0 aromatic heterocycles. The van der Waals surface area contributed by atoms with E-state index in [-0.39, 0.29) is 0 Å². The molecule has 2 aliphatic rings. The predicted molar refractivity (Wildman–Crippen MR) is 41.2 cm³/mol. The van der Waals surface area contributed by atoms with Gasteiger partial charge in [-0.3, -0.25) is 5.01 Å². The van der Waals surface area contributed by atoms with Crippen molar-refractivity contribution in [2.45, 2.75) is 5.37 Å². The molecule has 0 aromatic carbocycles. The van der Waals surface area contributed by atoms with Crippen LogP contribution in [0.15, 0.2) is 24.4 Å². The van der Waals surface area contributed by atoms with Gasteiger partial charge in [0, 0.05) is 17.2 Å². The molecule has 47 valence electrons. The molecule has 2 heterocycles. The lowest BCUT2D eigenvalue weighted by Gasteiger charge is -2.16. The Labute approximate surface area is 61.9 Å². The molecule has 1 unspecified atom stereocenters. The molecule has 2 rings (SSSR count). The summed E-state index contributed by atoms with van der Waals surface area (Å²) in [7, 11) is 3.31. The molecule has 0 aromatic rings. The van der Waals surface area contributed by atoms with Crippen molar-refractivity contribution in [1.29, 1.82) is 0 Å². The largest absolute Gasteiger partial charge is 0.269 e. The van der Waals surface area contributed by atoms with E-state index in [0.717, 1.165) is 0 Å². The summed E-state index contributed by atoms with van der Waals surface area (Å²) in [6.45, 7) is 0. The molecule has 2 nitrogen and oxygen atoms in total. The maximum atomic E-state index is 4.13. The van der Waals surface area contributed by atoms with Crippen LogP contribution in [-0.4, -0.2) is 10.4 Å². The number of rotatable bonds is 0. The van der Waals surface area contributed by atoms with Gasteiger partial charge in [-0.25, -0.2) is 0 Å². The molecular formula is C5H5N2S2. The van der Waals surface area contributed by atoms with E-state index in [1.165, 1.54) is 0 Å². The van der Waals surface area contributed by atoms with Crippen molar-refractivity contribution in [3.05, 3.63) is 24.4 Å². The molecule has 0 N–H and O–H groups in total. The first-order valence-electron chi connectivity index (χ1n) is 2.63. The normalized spacial score (nSPS) is 31.1. The van der Waals surface area contributed by atoms with Crippen LogP contribution in [0.4, 0.5) is 0 Å². The molecule has 9 heavy (non-hydrogen) atoms. The fourth-order valence-corrected chi connectivity index (χ4v) is 2.57. The Morgan fingerprint density at radius 2 is 2.44 bits per heavy atom. The maximum Gasteiger partial charge on any atom is 0.122 e. The molecule has 0 amide bonds. The molecule has 1 radical (unpaired) electrons. The lowest BCUT2D eigenvalue weighted by Crippen LogP contribution is -2.24. The Bertz CT molecular complexity index is 148. The van der Waals surface area contributed by atoms with Gasteiger partial charge in [0.2, 0.25) is 0 Å². The van der Waals surface area contributed by atoms with Crippen LogP contribution in [0.5, 0.6) is 0 Å². The van der Waals surface area contributed by atoms with Crippen LogP contribution >= 0.6 is 21.8 Å². The average Bonchev–Trinajstić information content (AvgIpc) is 2.33. The molecule has 1 saturated heterocycles. The molecule has 0 saturated carbocycles. The van der Waals surface area contributed by atoms with Crippen molar-refractivity contribution in [1.82, 2.24) is 9.84 Å². The van der Waals surface area contributed by atoms with E-state index in [9.17, 15) is 0 Å². The quantitative estimate of drug-likeness (QED) is 0.392. The average molecular weight is 157 g/mol. The fraction of sp³-hybridized carbons (Fsp3) is 0.200. The van der Waals surface area contributed by atoms with Crippen molar-refractivity contribution < 1.29 is 0 Å². The molecule has 0 bridgehead atoms. The van der Waals surface area contributed by atoms with E-state index in [1.807, 2.05) is 17.3 Å². The van der Waals surface area contributed by atoms with Gasteiger partial charge in [-0.1, -0.05) is 10.9 Å². The van der Waals surface area contributed by atoms with E-state index in [0.29, 0.717) is 5.37 Å². The van der Waals surface area contributed by atoms with Gasteiger partial charge in [0.05, 0.1) is 0 Å². The van der Waals surface area contributed by atoms with Crippen LogP contribution in [0.25, 0.3) is 0 Å². The summed E-state index contributed by atoms with van der Waals surface area (Å²) in [6, 6.07) is 0. The second kappa shape index (κ2) is 2.28. The van der Waals surface area contributed by atoms with Crippen LogP contribution in [0.3, 0.4) is 0 Å². The number of nitrogens with zero attached hydrogens (tertiary/aromatic N) is 2. The standard InChI is InChI=1S/C5H5N2S2/c1-2-4-7-5(3-1)8-9-6-7/h1-5H. The third kappa shape index (κ3) is 0.976. The zero-order chi connectivity index (χ0) is 6.10. The number of hydrogen-bond donors (Lipinski definition) is 0. The lowest BCUT2D eigenvalue weighted by molar-refractivity contribution is 0.366. The highest BCUT2D eigenvalue weighted by Gasteiger charge is 2.23. The monoisotopic (exact) mass is 157 g/mol. The molecule has 1 atom stereocenters. The van der Waals surface area contributed by atoms with Gasteiger partial charge in [0.1, 0.15) is 5.37 Å². The Hall–Kier alpha value is -0.0600. The minimum absolute atomic E-state index is 0.444. The van der Waals surface area contributed by atoms with Gasteiger partial charge < -0.3 is 0 Å². The fourth-order valence-electron chi connectivity index (χ4n) is 0.722. The summed E-state index contributed by atoms with van der Waals surface area (Å²) in [5, 5.41) is 2.40. The molecule has 2 aliphatic heterocycles. The third-order valence-corrected chi connectivity index (χ3v) is 3.12. The topological polar surface area (TPSA) is 17.3 Å². The minimum Gasteiger partial charge on any atom is -0.269 e. The van der Waals surface area contributed by atoms with Gasteiger partial charge in [0.15, 0.2) is 0 Å². The number of allylic oxidation sites excluding steroid dienone is 2. The van der Waals surface area contributed by atoms with Crippen LogP contribution in [-0.2, 0) is 0 Å². The second-order valence-electron chi connectivity index (χ2n) is 1.75. The highest BCUT2D eigenvalue weighted by atomic mass is 33.1. The highest BCUT2D eigenvalue weighted by Crippen LogP contribution is 2.37. The molecule has 1 fully saturated rings. The van der Waals surface area contributed by atoms with E-state index in [1.54, 1.807) is 21.8 Å². The van der Waals surface area contributed by atoms with Gasteiger partial charge in [-0.15, -0.1) is 0 Å². The third-order valence-electron chi connectivity index (χ3n) is 1.16. The van der Waals surface area contributed by atoms with Gasteiger partial charge >= 0.3 is 0 Å². The lowest BCUT2D eigenvalue weighted by atomic mass is 10.4. The Morgan fingerprint density at radius 1 is 1.44 bits per heavy atom. The molecule has 0 spiro atoms. The first kappa shape index (κ1) is 5.70. The molecule has 0 aliphatic carbocycles. The van der Waals surface area contributed by atoms with Crippen molar-refractivity contribution in [2.24, 2.45) is 0 Å². The summed E-state index contributed by atoms with van der Waals surface area (Å²) < 4.78 is 0. The SMILES string of the molecule is C1=CC2SS[N]N2C=C1. The van der Waals surface area contributed by atoms with Crippen molar-refractivity contribution in [2.75, 3.05) is 0 Å². The summed E-state index contributed by atoms with van der Waals surface area (Å²) >= 11 is 0. The van der Waals surface area contributed by atoms with E-state index in [2.05, 4.69) is 17.0 Å². The van der Waals surface area contributed by atoms with E-state index >= 15 is 0 Å². The summed E-state index contributed by atoms with van der Waals surface area (Å²) in [6.07, 6.45) is 8.16. The van der Waals surface area contributed by atoms with Crippen LogP contribution < -0.4 is 4.83 Å². The number of fused-ring (bicyclic) bond motifs is 1. The summed E-state index contributed by atoms with van der Waals surface area (Å²) in [4.78, 5) is 4.13. The Kier molecular flexibility index (Phi) is 1.45. The van der Waals surface area contributed by atoms with Crippen LogP contribution in [0.1, 0.15) is 0 Å². The van der Waals surface area contributed by atoms with Gasteiger partial charge in [0.25, 0.3) is 0 Å². The second-order valence-corrected chi connectivity index (χ2v) is 3.76. The zero-order valence-electron chi connectivity index (χ0n) is 4.60. The maximum absolute atomic E-state index is 4.13. The van der Waals surface area contributed by atoms with E-state index < -0.39 is 0 Å². The van der Waals surface area contributed by atoms with Crippen molar-refractivity contribution >= 4 is 21.8 Å². The van der Waals surface area contributed by atoms with E-state index in [4.69, 9.17) is 0 Å². The van der Waals surface area contributed by atoms with Crippen LogP contribution in [0, 0.1) is 0 Å².